The fraction of sp³-hybridized carbons (Fsp3) is 0.111. The van der Waals surface area contributed by atoms with E-state index in [2.05, 4.69) is 0 Å². The topological polar surface area (TPSA) is 46.6 Å². The van der Waals surface area contributed by atoms with Gasteiger partial charge in [0.25, 0.3) is 11.1 Å². The SMILES string of the molecule is COc1ccc(/C=C2\SC(=O)N(Cc3c(F)cccc3Cl)C2=O)cc1Cl. The number of hydrogen-bond acceptors (Lipinski definition) is 4. The van der Waals surface area contributed by atoms with Crippen LogP contribution in [0.25, 0.3) is 6.08 Å². The van der Waals surface area contributed by atoms with Crippen LogP contribution in [0.1, 0.15) is 11.1 Å². The summed E-state index contributed by atoms with van der Waals surface area (Å²) in [6, 6.07) is 9.21. The van der Waals surface area contributed by atoms with E-state index >= 15 is 0 Å². The van der Waals surface area contributed by atoms with Crippen LogP contribution in [0.5, 0.6) is 5.75 Å². The van der Waals surface area contributed by atoms with Gasteiger partial charge in [-0.1, -0.05) is 35.3 Å². The third kappa shape index (κ3) is 3.72. The molecule has 1 aliphatic rings. The molecule has 2 aromatic carbocycles. The Morgan fingerprint density at radius 3 is 2.62 bits per heavy atom. The lowest BCUT2D eigenvalue weighted by Gasteiger charge is -2.14. The van der Waals surface area contributed by atoms with Gasteiger partial charge >= 0.3 is 0 Å². The fourth-order valence-electron chi connectivity index (χ4n) is 2.40. The van der Waals surface area contributed by atoms with Gasteiger partial charge in [-0.2, -0.15) is 0 Å². The Balaban J connectivity index is 1.86. The summed E-state index contributed by atoms with van der Waals surface area (Å²) in [5.74, 6) is -0.570. The van der Waals surface area contributed by atoms with Crippen molar-refractivity contribution in [3.63, 3.8) is 0 Å². The number of hydrogen-bond donors (Lipinski definition) is 0. The molecule has 0 saturated carbocycles. The van der Waals surface area contributed by atoms with E-state index in [9.17, 15) is 14.0 Å². The number of carbonyl (C=O) groups excluding carboxylic acids is 2. The molecule has 0 spiro atoms. The smallest absolute Gasteiger partial charge is 0.293 e. The summed E-state index contributed by atoms with van der Waals surface area (Å²) in [5, 5.41) is 0.0637. The molecule has 0 unspecified atom stereocenters. The first-order valence-electron chi connectivity index (χ1n) is 7.42. The molecule has 0 bridgehead atoms. The summed E-state index contributed by atoms with van der Waals surface area (Å²) in [4.78, 5) is 25.9. The molecule has 0 aromatic heterocycles. The van der Waals surface area contributed by atoms with Gasteiger partial charge in [-0.3, -0.25) is 14.5 Å². The first-order chi connectivity index (χ1) is 12.4. The zero-order chi connectivity index (χ0) is 18.8. The van der Waals surface area contributed by atoms with Gasteiger partial charge in [-0.25, -0.2) is 4.39 Å². The number of amides is 2. The van der Waals surface area contributed by atoms with E-state index in [1.807, 2.05) is 0 Å². The molecule has 3 rings (SSSR count). The molecular formula is C18H12Cl2FNO3S. The number of nitrogens with zero attached hydrogens (tertiary/aromatic N) is 1. The molecule has 8 heteroatoms. The van der Waals surface area contributed by atoms with Gasteiger partial charge in [0.15, 0.2) is 0 Å². The average Bonchev–Trinajstić information content (AvgIpc) is 2.85. The molecule has 1 saturated heterocycles. The van der Waals surface area contributed by atoms with Gasteiger partial charge in [0.2, 0.25) is 0 Å². The highest BCUT2D eigenvalue weighted by Crippen LogP contribution is 2.35. The van der Waals surface area contributed by atoms with Crippen molar-refractivity contribution >= 4 is 52.2 Å². The van der Waals surface area contributed by atoms with Gasteiger partial charge in [0, 0.05) is 10.6 Å². The Bertz CT molecular complexity index is 912. The van der Waals surface area contributed by atoms with Crippen LogP contribution in [0.15, 0.2) is 41.3 Å². The predicted molar refractivity (Wildman–Crippen MR) is 101 cm³/mol. The van der Waals surface area contributed by atoms with Crippen molar-refractivity contribution in [1.82, 2.24) is 4.90 Å². The lowest BCUT2D eigenvalue weighted by atomic mass is 10.2. The second kappa shape index (κ2) is 7.70. The molecule has 0 radical (unpaired) electrons. The number of thioether (sulfide) groups is 1. The fourth-order valence-corrected chi connectivity index (χ4v) is 3.73. The zero-order valence-corrected chi connectivity index (χ0v) is 15.8. The van der Waals surface area contributed by atoms with Crippen LogP contribution in [0.3, 0.4) is 0 Å². The van der Waals surface area contributed by atoms with Crippen LogP contribution < -0.4 is 4.74 Å². The quantitative estimate of drug-likeness (QED) is 0.633. The summed E-state index contributed by atoms with van der Waals surface area (Å²) in [6.45, 7) is -0.225. The maximum atomic E-state index is 13.9. The Kier molecular flexibility index (Phi) is 5.55. The molecule has 0 N–H and O–H groups in total. The molecule has 1 fully saturated rings. The highest BCUT2D eigenvalue weighted by molar-refractivity contribution is 8.18. The van der Waals surface area contributed by atoms with Gasteiger partial charge in [0.05, 0.1) is 23.6 Å². The van der Waals surface area contributed by atoms with Gasteiger partial charge in [-0.05, 0) is 47.7 Å². The lowest BCUT2D eigenvalue weighted by Crippen LogP contribution is -2.28. The summed E-state index contributed by atoms with van der Waals surface area (Å²) in [6.07, 6.45) is 1.55. The van der Waals surface area contributed by atoms with Gasteiger partial charge in [-0.15, -0.1) is 0 Å². The first-order valence-corrected chi connectivity index (χ1v) is 8.99. The molecule has 1 heterocycles. The first kappa shape index (κ1) is 18.8. The van der Waals surface area contributed by atoms with Crippen LogP contribution in [0.2, 0.25) is 10.0 Å². The van der Waals surface area contributed by atoms with E-state index in [0.29, 0.717) is 16.3 Å². The molecule has 4 nitrogen and oxygen atoms in total. The number of ether oxygens (including phenoxy) is 1. The van der Waals surface area contributed by atoms with Crippen molar-refractivity contribution in [2.75, 3.05) is 7.11 Å². The van der Waals surface area contributed by atoms with Crippen LogP contribution in [0, 0.1) is 5.82 Å². The van der Waals surface area contributed by atoms with Crippen molar-refractivity contribution in [3.05, 3.63) is 68.3 Å². The van der Waals surface area contributed by atoms with Crippen molar-refractivity contribution < 1.29 is 18.7 Å². The van der Waals surface area contributed by atoms with Gasteiger partial charge < -0.3 is 4.74 Å². The summed E-state index contributed by atoms with van der Waals surface area (Å²) in [5.41, 5.74) is 0.746. The van der Waals surface area contributed by atoms with Crippen LogP contribution in [-0.4, -0.2) is 23.2 Å². The van der Waals surface area contributed by atoms with Gasteiger partial charge in [0.1, 0.15) is 11.6 Å². The maximum Gasteiger partial charge on any atom is 0.293 e. The summed E-state index contributed by atoms with van der Waals surface area (Å²) in [7, 11) is 1.50. The predicted octanol–water partition coefficient (Wildman–Crippen LogP) is 5.38. The van der Waals surface area contributed by atoms with E-state index < -0.39 is 17.0 Å². The number of benzene rings is 2. The Morgan fingerprint density at radius 1 is 1.19 bits per heavy atom. The average molecular weight is 412 g/mol. The molecule has 0 aliphatic carbocycles. The minimum Gasteiger partial charge on any atom is -0.495 e. The van der Waals surface area contributed by atoms with E-state index in [0.717, 1.165) is 16.7 Å². The Labute approximate surface area is 163 Å². The number of halogens is 3. The van der Waals surface area contributed by atoms with Crippen molar-refractivity contribution in [3.8, 4) is 5.75 Å². The standard InChI is InChI=1S/C18H12Cl2FNO3S/c1-25-15-6-5-10(7-13(15)20)8-16-17(23)22(18(24)26-16)9-11-12(19)3-2-4-14(11)21/h2-8H,9H2,1H3/b16-8-. The van der Waals surface area contributed by atoms with E-state index in [-0.39, 0.29) is 22.0 Å². The monoisotopic (exact) mass is 411 g/mol. The molecular weight excluding hydrogens is 400 g/mol. The second-order valence-electron chi connectivity index (χ2n) is 5.36. The molecule has 134 valence electrons. The summed E-state index contributed by atoms with van der Waals surface area (Å²) < 4.78 is 19.0. The molecule has 1 aliphatic heterocycles. The van der Waals surface area contributed by atoms with Crippen molar-refractivity contribution in [2.24, 2.45) is 0 Å². The Hall–Kier alpha value is -2.02. The van der Waals surface area contributed by atoms with Crippen molar-refractivity contribution in [2.45, 2.75) is 6.54 Å². The molecule has 2 aromatic rings. The van der Waals surface area contributed by atoms with Crippen LogP contribution >= 0.6 is 35.0 Å². The number of imide groups is 1. The van der Waals surface area contributed by atoms with E-state index in [1.165, 1.54) is 25.3 Å². The highest BCUT2D eigenvalue weighted by atomic mass is 35.5. The largest absolute Gasteiger partial charge is 0.495 e. The number of carbonyl (C=O) groups is 2. The highest BCUT2D eigenvalue weighted by Gasteiger charge is 2.35. The Morgan fingerprint density at radius 2 is 1.96 bits per heavy atom. The van der Waals surface area contributed by atoms with E-state index in [1.54, 1.807) is 24.3 Å². The summed E-state index contributed by atoms with van der Waals surface area (Å²) >= 11 is 12.8. The van der Waals surface area contributed by atoms with Crippen LogP contribution in [-0.2, 0) is 11.3 Å². The normalized spacial score (nSPS) is 15.8. The minimum absolute atomic E-state index is 0.102. The molecule has 2 amide bonds. The maximum absolute atomic E-state index is 13.9. The third-order valence-electron chi connectivity index (χ3n) is 3.73. The molecule has 0 atom stereocenters. The zero-order valence-electron chi connectivity index (χ0n) is 13.5. The number of methoxy groups -OCH3 is 1. The molecule has 26 heavy (non-hydrogen) atoms. The minimum atomic E-state index is -0.567. The van der Waals surface area contributed by atoms with Crippen molar-refractivity contribution in [1.29, 1.82) is 0 Å². The number of rotatable bonds is 4. The van der Waals surface area contributed by atoms with E-state index in [4.69, 9.17) is 27.9 Å². The van der Waals surface area contributed by atoms with Crippen LogP contribution in [0.4, 0.5) is 9.18 Å². The lowest BCUT2D eigenvalue weighted by molar-refractivity contribution is -0.123. The second-order valence-corrected chi connectivity index (χ2v) is 7.17. The third-order valence-corrected chi connectivity index (χ3v) is 5.28.